The Morgan fingerprint density at radius 1 is 1.15 bits per heavy atom. The van der Waals surface area contributed by atoms with Gasteiger partial charge in [-0.3, -0.25) is 4.79 Å². The molecule has 0 spiro atoms. The summed E-state index contributed by atoms with van der Waals surface area (Å²) in [6.07, 6.45) is 2.53. The number of aromatic nitrogens is 2. The molecular weight excluding hydrogens is 355 g/mol. The highest BCUT2D eigenvalue weighted by molar-refractivity contribution is 5.76. The van der Waals surface area contributed by atoms with Crippen LogP contribution in [0.25, 0.3) is 5.69 Å². The smallest absolute Gasteiger partial charge is 0.352 e. The summed E-state index contributed by atoms with van der Waals surface area (Å²) in [5.74, 6) is 2.18. The van der Waals surface area contributed by atoms with Crippen molar-refractivity contribution in [2.75, 3.05) is 0 Å². The molecule has 2 fully saturated rings. The zero-order chi connectivity index (χ0) is 19.0. The van der Waals surface area contributed by atoms with Gasteiger partial charge < -0.3 is 5.32 Å². The highest BCUT2D eigenvalue weighted by atomic mass is 19.4. The third kappa shape index (κ3) is 4.01. The van der Waals surface area contributed by atoms with Crippen LogP contribution in [0.1, 0.15) is 43.4 Å². The summed E-state index contributed by atoms with van der Waals surface area (Å²) in [6, 6.07) is 7.93. The van der Waals surface area contributed by atoms with Crippen LogP contribution in [0.4, 0.5) is 13.2 Å². The number of hydrogen-bond donors (Lipinski definition) is 1. The summed E-state index contributed by atoms with van der Waals surface area (Å²) in [5, 5.41) is 6.51. The maximum atomic E-state index is 12.6. The first-order chi connectivity index (χ1) is 12.9. The van der Waals surface area contributed by atoms with Crippen molar-refractivity contribution in [3.63, 3.8) is 0 Å². The van der Waals surface area contributed by atoms with Crippen molar-refractivity contribution >= 4 is 5.91 Å². The van der Waals surface area contributed by atoms with Crippen LogP contribution in [0.5, 0.6) is 0 Å². The van der Waals surface area contributed by atoms with Gasteiger partial charge in [-0.15, -0.1) is 0 Å². The summed E-state index contributed by atoms with van der Waals surface area (Å²) in [4.78, 5) is 12.2. The molecule has 0 saturated heterocycles. The first kappa shape index (κ1) is 18.1. The van der Waals surface area contributed by atoms with E-state index in [9.17, 15) is 18.0 Å². The van der Waals surface area contributed by atoms with Gasteiger partial charge in [-0.1, -0.05) is 18.6 Å². The zero-order valence-electron chi connectivity index (χ0n) is 14.9. The average Bonchev–Trinajstić information content (AvgIpc) is 3.36. The Morgan fingerprint density at radius 3 is 2.52 bits per heavy atom. The first-order valence-electron chi connectivity index (χ1n) is 9.37. The molecule has 2 saturated carbocycles. The lowest BCUT2D eigenvalue weighted by Crippen LogP contribution is -2.26. The van der Waals surface area contributed by atoms with Crippen molar-refractivity contribution in [2.45, 2.75) is 44.8 Å². The Balaban J connectivity index is 1.30. The van der Waals surface area contributed by atoms with Gasteiger partial charge in [0.25, 0.3) is 0 Å². The van der Waals surface area contributed by atoms with Crippen molar-refractivity contribution in [2.24, 2.45) is 17.8 Å². The number of nitrogens with zero attached hydrogens (tertiary/aromatic N) is 2. The van der Waals surface area contributed by atoms with E-state index in [1.165, 1.54) is 36.6 Å². The van der Waals surface area contributed by atoms with E-state index in [1.54, 1.807) is 24.3 Å². The molecule has 1 amide bonds. The summed E-state index contributed by atoms with van der Waals surface area (Å²) in [6.45, 7) is 0.423. The van der Waals surface area contributed by atoms with Gasteiger partial charge >= 0.3 is 6.18 Å². The van der Waals surface area contributed by atoms with Crippen LogP contribution in [0.3, 0.4) is 0 Å². The Kier molecular flexibility index (Phi) is 4.70. The van der Waals surface area contributed by atoms with Gasteiger partial charge in [0.2, 0.25) is 5.91 Å². The lowest BCUT2D eigenvalue weighted by molar-refractivity contribution is -0.141. The van der Waals surface area contributed by atoms with Crippen LogP contribution >= 0.6 is 0 Å². The van der Waals surface area contributed by atoms with Crippen molar-refractivity contribution in [1.29, 1.82) is 0 Å². The second kappa shape index (κ2) is 7.02. The molecule has 2 aliphatic carbocycles. The molecule has 2 aliphatic rings. The SMILES string of the molecule is O=C(CC1CC2CCC1C2)NCc1ccc(-n2ccc(C(F)(F)F)n2)cc1. The monoisotopic (exact) mass is 377 g/mol. The van der Waals surface area contributed by atoms with Crippen LogP contribution in [0.15, 0.2) is 36.5 Å². The summed E-state index contributed by atoms with van der Waals surface area (Å²) in [5.41, 5.74) is 0.533. The zero-order valence-corrected chi connectivity index (χ0v) is 14.9. The van der Waals surface area contributed by atoms with Crippen LogP contribution in [-0.4, -0.2) is 15.7 Å². The standard InChI is InChI=1S/C20H22F3N3O/c21-20(22,23)18-7-8-26(25-18)17-5-2-13(3-6-17)12-24-19(27)11-16-10-14-1-4-15(16)9-14/h2-3,5-8,14-16H,1,4,9-12H2,(H,24,27). The van der Waals surface area contributed by atoms with E-state index in [0.717, 1.165) is 23.5 Å². The number of fused-ring (bicyclic) bond motifs is 2. The van der Waals surface area contributed by atoms with Gasteiger partial charge in [-0.2, -0.15) is 18.3 Å². The molecule has 1 N–H and O–H groups in total. The maximum Gasteiger partial charge on any atom is 0.435 e. The van der Waals surface area contributed by atoms with E-state index < -0.39 is 11.9 Å². The molecule has 2 aromatic rings. The van der Waals surface area contributed by atoms with Crippen molar-refractivity contribution in [1.82, 2.24) is 15.1 Å². The summed E-state index contributed by atoms with van der Waals surface area (Å²) < 4.78 is 39.1. The predicted molar refractivity (Wildman–Crippen MR) is 94.0 cm³/mol. The Labute approximate surface area is 155 Å². The number of nitrogens with one attached hydrogen (secondary N) is 1. The first-order valence-corrected chi connectivity index (χ1v) is 9.37. The van der Waals surface area contributed by atoms with Gasteiger partial charge in [0, 0.05) is 19.2 Å². The van der Waals surface area contributed by atoms with Gasteiger partial charge in [0.05, 0.1) is 5.69 Å². The molecule has 0 radical (unpaired) electrons. The fourth-order valence-corrected chi connectivity index (χ4v) is 4.52. The van der Waals surface area contributed by atoms with Gasteiger partial charge in [0.1, 0.15) is 0 Å². The molecule has 4 rings (SSSR count). The highest BCUT2D eigenvalue weighted by Gasteiger charge is 2.40. The highest BCUT2D eigenvalue weighted by Crippen LogP contribution is 2.49. The van der Waals surface area contributed by atoms with E-state index in [2.05, 4.69) is 10.4 Å². The lowest BCUT2D eigenvalue weighted by atomic mass is 9.86. The minimum absolute atomic E-state index is 0.0820. The van der Waals surface area contributed by atoms with Crippen LogP contribution in [0.2, 0.25) is 0 Å². The van der Waals surface area contributed by atoms with Crippen molar-refractivity contribution in [3.8, 4) is 5.69 Å². The van der Waals surface area contributed by atoms with E-state index in [0.29, 0.717) is 24.6 Å². The second-order valence-corrected chi connectivity index (χ2v) is 7.73. The number of alkyl halides is 3. The lowest BCUT2D eigenvalue weighted by Gasteiger charge is -2.20. The summed E-state index contributed by atoms with van der Waals surface area (Å²) in [7, 11) is 0. The summed E-state index contributed by atoms with van der Waals surface area (Å²) >= 11 is 0. The largest absolute Gasteiger partial charge is 0.435 e. The fraction of sp³-hybridized carbons (Fsp3) is 0.500. The van der Waals surface area contributed by atoms with E-state index >= 15 is 0 Å². The van der Waals surface area contributed by atoms with E-state index in [1.807, 2.05) is 0 Å². The topological polar surface area (TPSA) is 46.9 Å². The number of amides is 1. The molecule has 4 nitrogen and oxygen atoms in total. The Bertz CT molecular complexity index is 813. The van der Waals surface area contributed by atoms with Crippen LogP contribution in [0, 0.1) is 17.8 Å². The minimum Gasteiger partial charge on any atom is -0.352 e. The van der Waals surface area contributed by atoms with Gasteiger partial charge in [-0.05, 0) is 60.8 Å². The third-order valence-electron chi connectivity index (χ3n) is 5.90. The molecule has 2 bridgehead atoms. The molecular formula is C20H22F3N3O. The van der Waals surface area contributed by atoms with Gasteiger partial charge in [0.15, 0.2) is 5.69 Å². The normalized spacial score (nSPS) is 24.3. The molecule has 1 aromatic carbocycles. The molecule has 3 unspecified atom stereocenters. The molecule has 144 valence electrons. The quantitative estimate of drug-likeness (QED) is 0.843. The number of carbonyl (C=O) groups excluding carboxylic acids is 1. The average molecular weight is 377 g/mol. The number of benzene rings is 1. The molecule has 7 heteroatoms. The van der Waals surface area contributed by atoms with Crippen LogP contribution < -0.4 is 5.32 Å². The van der Waals surface area contributed by atoms with Gasteiger partial charge in [-0.25, -0.2) is 4.68 Å². The number of halogens is 3. The number of hydrogen-bond acceptors (Lipinski definition) is 2. The second-order valence-electron chi connectivity index (χ2n) is 7.73. The third-order valence-corrected chi connectivity index (χ3v) is 5.90. The molecule has 27 heavy (non-hydrogen) atoms. The Morgan fingerprint density at radius 2 is 1.93 bits per heavy atom. The van der Waals surface area contributed by atoms with Crippen molar-refractivity contribution in [3.05, 3.63) is 47.8 Å². The van der Waals surface area contributed by atoms with E-state index in [-0.39, 0.29) is 5.91 Å². The minimum atomic E-state index is -4.45. The number of rotatable bonds is 5. The van der Waals surface area contributed by atoms with Crippen molar-refractivity contribution < 1.29 is 18.0 Å². The Hall–Kier alpha value is -2.31. The predicted octanol–water partition coefficient (Wildman–Crippen LogP) is 4.33. The fourth-order valence-electron chi connectivity index (χ4n) is 4.52. The number of carbonyl (C=O) groups is 1. The van der Waals surface area contributed by atoms with E-state index in [4.69, 9.17) is 0 Å². The maximum absolute atomic E-state index is 12.6. The molecule has 0 aliphatic heterocycles. The van der Waals surface area contributed by atoms with Crippen LogP contribution in [-0.2, 0) is 17.5 Å². The molecule has 1 heterocycles. The molecule has 1 aromatic heterocycles. The molecule has 3 atom stereocenters.